The Morgan fingerprint density at radius 1 is 1.41 bits per heavy atom. The highest BCUT2D eigenvalue weighted by molar-refractivity contribution is 5.75. The van der Waals surface area contributed by atoms with Crippen LogP contribution in [0, 0.1) is 0 Å². The van der Waals surface area contributed by atoms with Gasteiger partial charge in [0.2, 0.25) is 0 Å². The quantitative estimate of drug-likeness (QED) is 0.730. The van der Waals surface area contributed by atoms with Crippen LogP contribution in [0.4, 0.5) is 0 Å². The molecule has 0 fully saturated rings. The lowest BCUT2D eigenvalue weighted by molar-refractivity contribution is -0.145. The summed E-state index contributed by atoms with van der Waals surface area (Å²) in [6.07, 6.45) is 5.18. The Bertz CT molecular complexity index is 327. The number of nitrogens with one attached hydrogen (secondary N) is 1. The van der Waals surface area contributed by atoms with Gasteiger partial charge < -0.3 is 10.1 Å². The Labute approximate surface area is 102 Å². The van der Waals surface area contributed by atoms with Crippen LogP contribution < -0.4 is 5.32 Å². The highest BCUT2D eigenvalue weighted by Crippen LogP contribution is 1.99. The van der Waals surface area contributed by atoms with Gasteiger partial charge in [-0.15, -0.1) is 0 Å². The number of hydrogen-bond acceptors (Lipinski definition) is 4. The highest BCUT2D eigenvalue weighted by atomic mass is 16.5. The molecule has 0 spiro atoms. The van der Waals surface area contributed by atoms with E-state index in [4.69, 9.17) is 4.74 Å². The van der Waals surface area contributed by atoms with Crippen LogP contribution in [0.3, 0.4) is 0 Å². The second-order valence-corrected chi connectivity index (χ2v) is 3.77. The third-order valence-electron chi connectivity index (χ3n) is 2.53. The summed E-state index contributed by atoms with van der Waals surface area (Å²) in [7, 11) is 0. The van der Waals surface area contributed by atoms with Crippen molar-refractivity contribution in [3.63, 3.8) is 0 Å². The van der Waals surface area contributed by atoms with Gasteiger partial charge in [0.1, 0.15) is 6.04 Å². The van der Waals surface area contributed by atoms with Gasteiger partial charge in [0.15, 0.2) is 0 Å². The van der Waals surface area contributed by atoms with E-state index < -0.39 is 0 Å². The maximum Gasteiger partial charge on any atom is 0.323 e. The molecule has 17 heavy (non-hydrogen) atoms. The van der Waals surface area contributed by atoms with Crippen LogP contribution >= 0.6 is 0 Å². The van der Waals surface area contributed by atoms with Crippen molar-refractivity contribution < 1.29 is 9.53 Å². The molecule has 94 valence electrons. The molecule has 1 atom stereocenters. The summed E-state index contributed by atoms with van der Waals surface area (Å²) in [5.41, 5.74) is 1.21. The van der Waals surface area contributed by atoms with E-state index in [1.165, 1.54) is 5.56 Å². The molecule has 1 unspecified atom stereocenters. The van der Waals surface area contributed by atoms with E-state index in [1.54, 1.807) is 12.4 Å². The second kappa shape index (κ2) is 7.79. The summed E-state index contributed by atoms with van der Waals surface area (Å²) in [5.74, 6) is -0.162. The third kappa shape index (κ3) is 4.95. The molecule has 0 radical (unpaired) electrons. The van der Waals surface area contributed by atoms with Crippen molar-refractivity contribution in [2.24, 2.45) is 0 Å². The summed E-state index contributed by atoms with van der Waals surface area (Å²) in [6, 6.07) is 3.76. The number of esters is 1. The molecule has 0 saturated heterocycles. The lowest BCUT2D eigenvalue weighted by Gasteiger charge is -2.15. The summed E-state index contributed by atoms with van der Waals surface area (Å²) < 4.78 is 4.99. The van der Waals surface area contributed by atoms with Crippen LogP contribution in [0.25, 0.3) is 0 Å². The Kier molecular flexibility index (Phi) is 6.25. The van der Waals surface area contributed by atoms with Gasteiger partial charge in [0, 0.05) is 12.4 Å². The molecule has 0 amide bonds. The molecule has 0 aliphatic carbocycles. The van der Waals surface area contributed by atoms with Crippen LogP contribution in [0.2, 0.25) is 0 Å². The molecule has 1 rings (SSSR count). The van der Waals surface area contributed by atoms with Crippen molar-refractivity contribution in [1.82, 2.24) is 10.3 Å². The van der Waals surface area contributed by atoms with Crippen molar-refractivity contribution in [3.8, 4) is 0 Å². The molecule has 0 saturated carbocycles. The fourth-order valence-electron chi connectivity index (χ4n) is 1.58. The first-order valence-corrected chi connectivity index (χ1v) is 6.06. The van der Waals surface area contributed by atoms with E-state index in [0.717, 1.165) is 19.4 Å². The first-order valence-electron chi connectivity index (χ1n) is 6.06. The van der Waals surface area contributed by atoms with Crippen molar-refractivity contribution in [3.05, 3.63) is 30.1 Å². The number of hydrogen-bond donors (Lipinski definition) is 1. The fourth-order valence-corrected chi connectivity index (χ4v) is 1.58. The summed E-state index contributed by atoms with van der Waals surface area (Å²) in [6.45, 7) is 4.99. The SMILES string of the molecule is CCOC(=O)C(CC)NCCc1ccncc1. The zero-order chi connectivity index (χ0) is 12.5. The second-order valence-electron chi connectivity index (χ2n) is 3.77. The van der Waals surface area contributed by atoms with Gasteiger partial charge in [-0.3, -0.25) is 9.78 Å². The average Bonchev–Trinajstić information content (AvgIpc) is 2.36. The molecule has 4 nitrogen and oxygen atoms in total. The number of carbonyl (C=O) groups is 1. The first-order chi connectivity index (χ1) is 8.27. The normalized spacial score (nSPS) is 12.1. The molecular formula is C13H20N2O2. The van der Waals surface area contributed by atoms with Crippen molar-refractivity contribution in [2.45, 2.75) is 32.7 Å². The largest absolute Gasteiger partial charge is 0.465 e. The fraction of sp³-hybridized carbons (Fsp3) is 0.538. The van der Waals surface area contributed by atoms with Gasteiger partial charge in [-0.1, -0.05) is 6.92 Å². The predicted molar refractivity (Wildman–Crippen MR) is 66.7 cm³/mol. The maximum atomic E-state index is 11.5. The molecule has 1 N–H and O–H groups in total. The number of carbonyl (C=O) groups excluding carboxylic acids is 1. The van der Waals surface area contributed by atoms with Gasteiger partial charge in [0.05, 0.1) is 6.61 Å². The molecule has 4 heteroatoms. The molecule has 1 heterocycles. The Hall–Kier alpha value is -1.42. The molecule has 1 aromatic heterocycles. The molecule has 0 aliphatic heterocycles. The number of pyridine rings is 1. The Morgan fingerprint density at radius 3 is 2.71 bits per heavy atom. The van der Waals surface area contributed by atoms with Gasteiger partial charge in [-0.05, 0) is 44.0 Å². The summed E-state index contributed by atoms with van der Waals surface area (Å²) in [5, 5.41) is 3.21. The molecule has 0 aliphatic rings. The predicted octanol–water partition coefficient (Wildman–Crippen LogP) is 1.56. The molecule has 0 bridgehead atoms. The molecule has 0 aromatic carbocycles. The van der Waals surface area contributed by atoms with E-state index in [9.17, 15) is 4.79 Å². The third-order valence-corrected chi connectivity index (χ3v) is 2.53. The zero-order valence-electron chi connectivity index (χ0n) is 10.5. The zero-order valence-corrected chi connectivity index (χ0v) is 10.5. The van der Waals surface area contributed by atoms with E-state index in [2.05, 4.69) is 10.3 Å². The minimum atomic E-state index is -0.197. The standard InChI is InChI=1S/C13H20N2O2/c1-3-12(13(16)17-4-2)15-10-7-11-5-8-14-9-6-11/h5-6,8-9,12,15H,3-4,7,10H2,1-2H3. The van der Waals surface area contributed by atoms with Crippen LogP contribution in [0.15, 0.2) is 24.5 Å². The summed E-state index contributed by atoms with van der Waals surface area (Å²) in [4.78, 5) is 15.5. The number of rotatable bonds is 7. The lowest BCUT2D eigenvalue weighted by Crippen LogP contribution is -2.38. The highest BCUT2D eigenvalue weighted by Gasteiger charge is 2.15. The Balaban J connectivity index is 2.31. The van der Waals surface area contributed by atoms with Crippen molar-refractivity contribution >= 4 is 5.97 Å². The minimum Gasteiger partial charge on any atom is -0.465 e. The maximum absolute atomic E-state index is 11.5. The van der Waals surface area contributed by atoms with Crippen LogP contribution in [-0.2, 0) is 16.0 Å². The van der Waals surface area contributed by atoms with E-state index in [1.807, 2.05) is 26.0 Å². The van der Waals surface area contributed by atoms with E-state index in [0.29, 0.717) is 6.61 Å². The monoisotopic (exact) mass is 236 g/mol. The van der Waals surface area contributed by atoms with Gasteiger partial charge in [-0.25, -0.2) is 0 Å². The number of ether oxygens (including phenoxy) is 1. The molecule has 1 aromatic rings. The van der Waals surface area contributed by atoms with Crippen LogP contribution in [0.5, 0.6) is 0 Å². The van der Waals surface area contributed by atoms with Crippen molar-refractivity contribution in [2.75, 3.05) is 13.2 Å². The van der Waals surface area contributed by atoms with Gasteiger partial charge in [0.25, 0.3) is 0 Å². The smallest absolute Gasteiger partial charge is 0.323 e. The van der Waals surface area contributed by atoms with E-state index in [-0.39, 0.29) is 12.0 Å². The van der Waals surface area contributed by atoms with Crippen LogP contribution in [0.1, 0.15) is 25.8 Å². The minimum absolute atomic E-state index is 0.162. The number of nitrogens with zero attached hydrogens (tertiary/aromatic N) is 1. The topological polar surface area (TPSA) is 51.2 Å². The Morgan fingerprint density at radius 2 is 2.12 bits per heavy atom. The summed E-state index contributed by atoms with van der Waals surface area (Å²) >= 11 is 0. The van der Waals surface area contributed by atoms with Crippen LogP contribution in [-0.4, -0.2) is 30.1 Å². The van der Waals surface area contributed by atoms with Crippen molar-refractivity contribution in [1.29, 1.82) is 0 Å². The van der Waals surface area contributed by atoms with Gasteiger partial charge in [-0.2, -0.15) is 0 Å². The molecular weight excluding hydrogens is 216 g/mol. The van der Waals surface area contributed by atoms with Gasteiger partial charge >= 0.3 is 5.97 Å². The number of aromatic nitrogens is 1. The van der Waals surface area contributed by atoms with E-state index >= 15 is 0 Å². The first kappa shape index (κ1) is 13.6. The lowest BCUT2D eigenvalue weighted by atomic mass is 10.2. The average molecular weight is 236 g/mol.